The third-order valence-electron chi connectivity index (χ3n) is 2.27. The lowest BCUT2D eigenvalue weighted by Crippen LogP contribution is -2.30. The normalized spacial score (nSPS) is 35.0. The lowest BCUT2D eigenvalue weighted by atomic mass is 10.1. The third kappa shape index (κ3) is 1.52. The Morgan fingerprint density at radius 3 is 2.70 bits per heavy atom. The molecule has 0 aromatic carbocycles. The van der Waals surface area contributed by atoms with E-state index in [9.17, 15) is 5.11 Å². The van der Waals surface area contributed by atoms with Crippen molar-refractivity contribution in [3.05, 3.63) is 0 Å². The van der Waals surface area contributed by atoms with Crippen molar-refractivity contribution < 1.29 is 5.11 Å². The first-order chi connectivity index (χ1) is 4.77. The monoisotopic (exact) mass is 139 g/mol. The van der Waals surface area contributed by atoms with Crippen LogP contribution in [-0.4, -0.2) is 37.1 Å². The smallest absolute Gasteiger partial charge is 0.107 e. The molecule has 1 fully saturated rings. The van der Waals surface area contributed by atoms with Crippen molar-refractivity contribution in [3.8, 4) is 0 Å². The van der Waals surface area contributed by atoms with Crippen molar-refractivity contribution in [1.82, 2.24) is 4.90 Å². The van der Waals surface area contributed by atoms with Gasteiger partial charge in [-0.3, -0.25) is 4.90 Å². The lowest BCUT2D eigenvalue weighted by molar-refractivity contribution is 0.0514. The minimum atomic E-state index is -0.282. The molecule has 0 aromatic heterocycles. The second-order valence-corrected chi connectivity index (χ2v) is 2.94. The highest BCUT2D eigenvalue weighted by Crippen LogP contribution is 2.22. The number of aliphatic hydroxyl groups excluding tert-OH is 1. The fourth-order valence-corrected chi connectivity index (χ4v) is 1.47. The third-order valence-corrected chi connectivity index (χ3v) is 2.27. The zero-order chi connectivity index (χ0) is 7.56. The standard InChI is InChI=1S/C7H14BNO/c1-2-6-3-7(10)9(4-6)5-8/h6-7,10H,2-5H2,1H3. The van der Waals surface area contributed by atoms with E-state index < -0.39 is 0 Å². The first-order valence-corrected chi connectivity index (χ1v) is 3.90. The van der Waals surface area contributed by atoms with Crippen LogP contribution in [0.4, 0.5) is 0 Å². The van der Waals surface area contributed by atoms with Crippen molar-refractivity contribution in [1.29, 1.82) is 0 Å². The van der Waals surface area contributed by atoms with Gasteiger partial charge in [0.15, 0.2) is 0 Å². The van der Waals surface area contributed by atoms with E-state index in [0.717, 1.165) is 19.4 Å². The molecule has 2 radical (unpaired) electrons. The predicted molar refractivity (Wildman–Crippen MR) is 41.7 cm³/mol. The van der Waals surface area contributed by atoms with Crippen LogP contribution in [0.5, 0.6) is 0 Å². The summed E-state index contributed by atoms with van der Waals surface area (Å²) in [5.74, 6) is 0.651. The maximum atomic E-state index is 9.34. The van der Waals surface area contributed by atoms with Gasteiger partial charge in [-0.25, -0.2) is 0 Å². The van der Waals surface area contributed by atoms with Gasteiger partial charge < -0.3 is 5.11 Å². The van der Waals surface area contributed by atoms with Crippen LogP contribution >= 0.6 is 0 Å². The molecule has 2 atom stereocenters. The molecule has 0 spiro atoms. The zero-order valence-corrected chi connectivity index (χ0v) is 6.45. The Morgan fingerprint density at radius 2 is 2.40 bits per heavy atom. The molecule has 0 aliphatic carbocycles. The summed E-state index contributed by atoms with van der Waals surface area (Å²) in [4.78, 5) is 1.91. The Labute approximate surface area is 63.6 Å². The van der Waals surface area contributed by atoms with Gasteiger partial charge in [-0.2, -0.15) is 0 Å². The van der Waals surface area contributed by atoms with Gasteiger partial charge in [0.05, 0.1) is 7.85 Å². The zero-order valence-electron chi connectivity index (χ0n) is 6.45. The van der Waals surface area contributed by atoms with Crippen LogP contribution in [0, 0.1) is 5.92 Å². The number of hydrogen-bond acceptors (Lipinski definition) is 2. The SMILES string of the molecule is [B]CN1CC(CC)CC1O. The van der Waals surface area contributed by atoms with E-state index in [-0.39, 0.29) is 6.23 Å². The van der Waals surface area contributed by atoms with E-state index in [2.05, 4.69) is 6.92 Å². The molecule has 10 heavy (non-hydrogen) atoms. The predicted octanol–water partition coefficient (Wildman–Crippen LogP) is 0.163. The van der Waals surface area contributed by atoms with Crippen LogP contribution in [-0.2, 0) is 0 Å². The summed E-state index contributed by atoms with van der Waals surface area (Å²) in [6.45, 7) is 3.12. The second kappa shape index (κ2) is 3.40. The van der Waals surface area contributed by atoms with E-state index in [4.69, 9.17) is 7.85 Å². The topological polar surface area (TPSA) is 23.5 Å². The minimum Gasteiger partial charge on any atom is -0.378 e. The van der Waals surface area contributed by atoms with Crippen molar-refractivity contribution in [2.75, 3.05) is 13.0 Å². The summed E-state index contributed by atoms with van der Waals surface area (Å²) in [6.07, 6.45) is 2.24. The summed E-state index contributed by atoms with van der Waals surface area (Å²) in [5, 5.41) is 9.34. The molecule has 3 heteroatoms. The van der Waals surface area contributed by atoms with Crippen molar-refractivity contribution in [2.45, 2.75) is 26.0 Å². The molecule has 1 rings (SSSR count). The van der Waals surface area contributed by atoms with Gasteiger partial charge in [-0.15, -0.1) is 0 Å². The van der Waals surface area contributed by atoms with Gasteiger partial charge in [0, 0.05) is 6.54 Å². The van der Waals surface area contributed by atoms with Gasteiger partial charge in [-0.1, -0.05) is 13.3 Å². The largest absolute Gasteiger partial charge is 0.378 e. The number of rotatable bonds is 2. The maximum Gasteiger partial charge on any atom is 0.107 e. The summed E-state index contributed by atoms with van der Waals surface area (Å²) >= 11 is 0. The van der Waals surface area contributed by atoms with E-state index in [1.54, 1.807) is 0 Å². The fraction of sp³-hybridized carbons (Fsp3) is 1.00. The molecule has 1 aliphatic rings. The first-order valence-electron chi connectivity index (χ1n) is 3.90. The summed E-state index contributed by atoms with van der Waals surface area (Å²) in [6, 6.07) is 0. The molecule has 1 N–H and O–H groups in total. The number of likely N-dealkylation sites (tertiary alicyclic amines) is 1. The van der Waals surface area contributed by atoms with Crippen LogP contribution in [0.2, 0.25) is 0 Å². The molecule has 1 saturated heterocycles. The lowest BCUT2D eigenvalue weighted by Gasteiger charge is -2.16. The Balaban J connectivity index is 2.36. The molecule has 0 saturated carbocycles. The Morgan fingerprint density at radius 1 is 1.70 bits per heavy atom. The Kier molecular flexibility index (Phi) is 2.75. The molecule has 1 aliphatic heterocycles. The van der Waals surface area contributed by atoms with Gasteiger partial charge >= 0.3 is 0 Å². The fourth-order valence-electron chi connectivity index (χ4n) is 1.47. The molecule has 0 bridgehead atoms. The van der Waals surface area contributed by atoms with Gasteiger partial charge in [-0.05, 0) is 18.8 Å². The highest BCUT2D eigenvalue weighted by atomic mass is 16.3. The highest BCUT2D eigenvalue weighted by molar-refractivity contribution is 6.08. The summed E-state index contributed by atoms with van der Waals surface area (Å²) in [7, 11) is 5.41. The van der Waals surface area contributed by atoms with Crippen molar-refractivity contribution in [2.24, 2.45) is 5.92 Å². The van der Waals surface area contributed by atoms with E-state index >= 15 is 0 Å². The van der Waals surface area contributed by atoms with Gasteiger partial charge in [0.2, 0.25) is 0 Å². The molecule has 1 heterocycles. The van der Waals surface area contributed by atoms with E-state index in [1.807, 2.05) is 4.90 Å². The minimum absolute atomic E-state index is 0.282. The van der Waals surface area contributed by atoms with Crippen molar-refractivity contribution in [3.63, 3.8) is 0 Å². The summed E-state index contributed by atoms with van der Waals surface area (Å²) in [5.41, 5.74) is 0. The average Bonchev–Trinajstić information content (AvgIpc) is 2.30. The first kappa shape index (κ1) is 8.09. The molecular formula is C7H14BNO. The van der Waals surface area contributed by atoms with Gasteiger partial charge in [0.25, 0.3) is 0 Å². The molecule has 0 aromatic rings. The van der Waals surface area contributed by atoms with E-state index in [0.29, 0.717) is 12.4 Å². The quantitative estimate of drug-likeness (QED) is 0.551. The van der Waals surface area contributed by atoms with Crippen molar-refractivity contribution >= 4 is 7.85 Å². The van der Waals surface area contributed by atoms with Crippen LogP contribution in [0.1, 0.15) is 19.8 Å². The van der Waals surface area contributed by atoms with Crippen LogP contribution in [0.25, 0.3) is 0 Å². The Hall–Kier alpha value is -0.0151. The summed E-state index contributed by atoms with van der Waals surface area (Å²) < 4.78 is 0. The van der Waals surface area contributed by atoms with Crippen LogP contribution < -0.4 is 0 Å². The number of nitrogens with zero attached hydrogens (tertiary/aromatic N) is 1. The van der Waals surface area contributed by atoms with E-state index in [1.165, 1.54) is 0 Å². The van der Waals surface area contributed by atoms with Crippen LogP contribution in [0.3, 0.4) is 0 Å². The van der Waals surface area contributed by atoms with Gasteiger partial charge in [0.1, 0.15) is 6.23 Å². The molecule has 2 unspecified atom stereocenters. The maximum absolute atomic E-state index is 9.34. The molecule has 2 nitrogen and oxygen atoms in total. The molecule has 56 valence electrons. The molecule has 0 amide bonds. The Bertz CT molecular complexity index is 110. The number of hydrogen-bond donors (Lipinski definition) is 1. The second-order valence-electron chi connectivity index (χ2n) is 2.94. The van der Waals surface area contributed by atoms with Crippen LogP contribution in [0.15, 0.2) is 0 Å². The molecular weight excluding hydrogens is 125 g/mol. The highest BCUT2D eigenvalue weighted by Gasteiger charge is 2.27. The average molecular weight is 139 g/mol. The number of aliphatic hydroxyl groups is 1.